The van der Waals surface area contributed by atoms with Crippen molar-refractivity contribution in [1.82, 2.24) is 19.9 Å². The number of carbonyl (C=O) groups excluding carboxylic acids is 2. The summed E-state index contributed by atoms with van der Waals surface area (Å²) < 4.78 is 1.66. The molecule has 1 aliphatic heterocycles. The van der Waals surface area contributed by atoms with Gasteiger partial charge in [0.1, 0.15) is 0 Å². The lowest BCUT2D eigenvalue weighted by atomic mass is 10.0. The van der Waals surface area contributed by atoms with Gasteiger partial charge in [-0.3, -0.25) is 4.79 Å². The Morgan fingerprint density at radius 2 is 1.90 bits per heavy atom. The molecule has 0 radical (unpaired) electrons. The number of hydrogen-bond acceptors (Lipinski definition) is 4. The number of nitrogens with two attached hydrogens (primary N) is 1. The minimum absolute atomic E-state index is 0.0812. The topological polar surface area (TPSA) is 106 Å². The summed E-state index contributed by atoms with van der Waals surface area (Å²) in [5.74, 6) is -0.598. The van der Waals surface area contributed by atoms with Crippen LogP contribution >= 0.6 is 11.6 Å². The average Bonchev–Trinajstić information content (AvgIpc) is 3.22. The molecule has 0 bridgehead atoms. The zero-order valence-corrected chi connectivity index (χ0v) is 16.7. The standard InChI is InChI=1S/C20H21ClN6O2/c1-12-10-16(21)14-4-2-3-5-15(14)18(12)23-20(29)26-8-6-13(7-9-26)27-11-17(19(22)28)24-25-27/h2-5,10-11,13H,6-9H2,1H3,(H2,22,28)(H,23,29). The predicted molar refractivity (Wildman–Crippen MR) is 111 cm³/mol. The number of amides is 3. The summed E-state index contributed by atoms with van der Waals surface area (Å²) in [4.78, 5) is 25.8. The third-order valence-corrected chi connectivity index (χ3v) is 5.62. The van der Waals surface area contributed by atoms with Gasteiger partial charge in [0.15, 0.2) is 5.69 Å². The van der Waals surface area contributed by atoms with Gasteiger partial charge in [0.25, 0.3) is 5.91 Å². The number of nitrogens with one attached hydrogen (secondary N) is 1. The van der Waals surface area contributed by atoms with Crippen molar-refractivity contribution in [2.24, 2.45) is 5.73 Å². The quantitative estimate of drug-likeness (QED) is 0.687. The molecule has 0 aliphatic carbocycles. The maximum atomic E-state index is 12.9. The van der Waals surface area contributed by atoms with Gasteiger partial charge in [0.05, 0.1) is 17.9 Å². The molecule has 8 nitrogen and oxygen atoms in total. The molecule has 4 rings (SSSR count). The lowest BCUT2D eigenvalue weighted by Crippen LogP contribution is -2.41. The summed E-state index contributed by atoms with van der Waals surface area (Å²) in [7, 11) is 0. The van der Waals surface area contributed by atoms with Crippen LogP contribution < -0.4 is 11.1 Å². The Bertz CT molecular complexity index is 1090. The van der Waals surface area contributed by atoms with Crippen LogP contribution in [0.1, 0.15) is 34.9 Å². The monoisotopic (exact) mass is 412 g/mol. The van der Waals surface area contributed by atoms with Crippen LogP contribution in [-0.2, 0) is 0 Å². The number of aromatic nitrogens is 3. The van der Waals surface area contributed by atoms with Crippen molar-refractivity contribution in [3.05, 3.63) is 52.8 Å². The van der Waals surface area contributed by atoms with Crippen LogP contribution in [0.2, 0.25) is 5.02 Å². The number of nitrogens with zero attached hydrogens (tertiary/aromatic N) is 4. The second-order valence-electron chi connectivity index (χ2n) is 7.19. The normalized spacial score (nSPS) is 14.9. The van der Waals surface area contributed by atoms with E-state index in [0.717, 1.165) is 34.9 Å². The van der Waals surface area contributed by atoms with Gasteiger partial charge >= 0.3 is 6.03 Å². The Morgan fingerprint density at radius 1 is 1.21 bits per heavy atom. The van der Waals surface area contributed by atoms with Gasteiger partial charge < -0.3 is 16.0 Å². The maximum Gasteiger partial charge on any atom is 0.321 e. The van der Waals surface area contributed by atoms with E-state index in [1.54, 1.807) is 15.8 Å². The number of urea groups is 1. The summed E-state index contributed by atoms with van der Waals surface area (Å²) in [5.41, 5.74) is 7.07. The van der Waals surface area contributed by atoms with Crippen molar-refractivity contribution in [3.63, 3.8) is 0 Å². The highest BCUT2D eigenvalue weighted by molar-refractivity contribution is 6.36. The van der Waals surface area contributed by atoms with E-state index >= 15 is 0 Å². The number of fused-ring (bicyclic) bond motifs is 1. The summed E-state index contributed by atoms with van der Waals surface area (Å²) in [6.07, 6.45) is 3.00. The summed E-state index contributed by atoms with van der Waals surface area (Å²) >= 11 is 6.35. The summed E-state index contributed by atoms with van der Waals surface area (Å²) in [6.45, 7) is 3.08. The zero-order valence-electron chi connectivity index (χ0n) is 15.9. The van der Waals surface area contributed by atoms with Crippen molar-refractivity contribution in [3.8, 4) is 0 Å². The van der Waals surface area contributed by atoms with Gasteiger partial charge in [-0.2, -0.15) is 0 Å². The lowest BCUT2D eigenvalue weighted by Gasteiger charge is -2.32. The van der Waals surface area contributed by atoms with Gasteiger partial charge in [0.2, 0.25) is 0 Å². The minimum atomic E-state index is -0.598. The molecule has 29 heavy (non-hydrogen) atoms. The SMILES string of the molecule is Cc1cc(Cl)c2ccccc2c1NC(=O)N1CCC(n2cc(C(N)=O)nn2)CC1. The highest BCUT2D eigenvalue weighted by Gasteiger charge is 2.26. The number of benzene rings is 2. The van der Waals surface area contributed by atoms with E-state index in [1.165, 1.54) is 0 Å². The molecule has 1 fully saturated rings. The molecular formula is C20H21ClN6O2. The Kier molecular flexibility index (Phi) is 5.10. The van der Waals surface area contributed by atoms with E-state index in [4.69, 9.17) is 17.3 Å². The van der Waals surface area contributed by atoms with Crippen molar-refractivity contribution in [2.75, 3.05) is 18.4 Å². The van der Waals surface area contributed by atoms with Gasteiger partial charge in [-0.05, 0) is 31.4 Å². The van der Waals surface area contributed by atoms with Crippen LogP contribution in [0.25, 0.3) is 10.8 Å². The first-order valence-corrected chi connectivity index (χ1v) is 9.77. The Labute approximate surface area is 172 Å². The highest BCUT2D eigenvalue weighted by atomic mass is 35.5. The number of anilines is 1. The van der Waals surface area contributed by atoms with Crippen LogP contribution in [0.3, 0.4) is 0 Å². The number of carbonyl (C=O) groups is 2. The molecule has 2 aromatic carbocycles. The molecule has 150 valence electrons. The Balaban J connectivity index is 1.45. The first-order valence-electron chi connectivity index (χ1n) is 9.39. The maximum absolute atomic E-state index is 12.9. The lowest BCUT2D eigenvalue weighted by molar-refractivity contribution is 0.0995. The Hall–Kier alpha value is -3.13. The number of primary amides is 1. The number of piperidine rings is 1. The first-order chi connectivity index (χ1) is 13.9. The molecule has 0 atom stereocenters. The molecule has 2 heterocycles. The van der Waals surface area contributed by atoms with Crippen LogP contribution in [0, 0.1) is 6.92 Å². The first kappa shape index (κ1) is 19.2. The van der Waals surface area contributed by atoms with Crippen molar-refractivity contribution < 1.29 is 9.59 Å². The fourth-order valence-corrected chi connectivity index (χ4v) is 4.04. The molecule has 3 amide bonds. The fraction of sp³-hybridized carbons (Fsp3) is 0.300. The number of hydrogen-bond donors (Lipinski definition) is 2. The summed E-state index contributed by atoms with van der Waals surface area (Å²) in [6, 6.07) is 9.56. The van der Waals surface area contributed by atoms with Gasteiger partial charge in [0, 0.05) is 28.9 Å². The molecule has 0 spiro atoms. The number of halogens is 1. The third-order valence-electron chi connectivity index (χ3n) is 5.31. The van der Waals surface area contributed by atoms with Crippen LogP contribution in [0.4, 0.5) is 10.5 Å². The van der Waals surface area contributed by atoms with E-state index in [0.29, 0.717) is 18.1 Å². The third kappa shape index (κ3) is 3.75. The fourth-order valence-electron chi connectivity index (χ4n) is 3.72. The zero-order chi connectivity index (χ0) is 20.5. The smallest absolute Gasteiger partial charge is 0.321 e. The highest BCUT2D eigenvalue weighted by Crippen LogP contribution is 2.33. The predicted octanol–water partition coefficient (Wildman–Crippen LogP) is 3.36. The average molecular weight is 413 g/mol. The Morgan fingerprint density at radius 3 is 2.55 bits per heavy atom. The molecule has 1 aromatic heterocycles. The largest absolute Gasteiger partial charge is 0.364 e. The second kappa shape index (κ2) is 7.71. The molecule has 0 saturated carbocycles. The molecule has 9 heteroatoms. The number of rotatable bonds is 3. The molecule has 0 unspecified atom stereocenters. The van der Waals surface area contributed by atoms with Crippen LogP contribution in [0.5, 0.6) is 0 Å². The molecular weight excluding hydrogens is 392 g/mol. The van der Waals surface area contributed by atoms with Gasteiger partial charge in [-0.25, -0.2) is 9.48 Å². The van der Waals surface area contributed by atoms with E-state index in [1.807, 2.05) is 37.3 Å². The van der Waals surface area contributed by atoms with E-state index in [2.05, 4.69) is 15.6 Å². The van der Waals surface area contributed by atoms with Crippen molar-refractivity contribution in [1.29, 1.82) is 0 Å². The minimum Gasteiger partial charge on any atom is -0.364 e. The number of likely N-dealkylation sites (tertiary alicyclic amines) is 1. The van der Waals surface area contributed by atoms with E-state index < -0.39 is 5.91 Å². The van der Waals surface area contributed by atoms with Crippen molar-refractivity contribution >= 4 is 40.0 Å². The van der Waals surface area contributed by atoms with Gasteiger partial charge in [-0.15, -0.1) is 5.10 Å². The van der Waals surface area contributed by atoms with Gasteiger partial charge in [-0.1, -0.05) is 41.1 Å². The molecule has 1 saturated heterocycles. The van der Waals surface area contributed by atoms with E-state index in [-0.39, 0.29) is 17.8 Å². The summed E-state index contributed by atoms with van der Waals surface area (Å²) in [5, 5.41) is 13.3. The van der Waals surface area contributed by atoms with Crippen molar-refractivity contribution in [2.45, 2.75) is 25.8 Å². The number of aryl methyl sites for hydroxylation is 1. The van der Waals surface area contributed by atoms with E-state index in [9.17, 15) is 9.59 Å². The molecule has 1 aliphatic rings. The molecule has 3 N–H and O–H groups in total. The molecule has 3 aromatic rings. The second-order valence-corrected chi connectivity index (χ2v) is 7.60. The van der Waals surface area contributed by atoms with Crippen LogP contribution in [-0.4, -0.2) is 44.9 Å². The van der Waals surface area contributed by atoms with Crippen LogP contribution in [0.15, 0.2) is 36.5 Å².